The Balaban J connectivity index is 1.61. The molecule has 0 radical (unpaired) electrons. The van der Waals surface area contributed by atoms with E-state index < -0.39 is 5.92 Å². The van der Waals surface area contributed by atoms with Crippen LogP contribution in [0.5, 0.6) is 0 Å². The van der Waals surface area contributed by atoms with Gasteiger partial charge in [0.15, 0.2) is 0 Å². The first-order valence-corrected chi connectivity index (χ1v) is 16.2. The topological polar surface area (TPSA) is 115 Å². The van der Waals surface area contributed by atoms with Gasteiger partial charge in [0.05, 0.1) is 5.92 Å². The van der Waals surface area contributed by atoms with E-state index >= 15 is 0 Å². The van der Waals surface area contributed by atoms with Gasteiger partial charge in [0.25, 0.3) is 0 Å². The molecule has 3 fully saturated rings. The fraction of sp³-hybridized carbons (Fsp3) is 0.909. The van der Waals surface area contributed by atoms with Crippen molar-refractivity contribution in [2.24, 2.45) is 5.92 Å². The van der Waals surface area contributed by atoms with Gasteiger partial charge in [-0.05, 0) is 94.9 Å². The number of carbonyl (C=O) groups is 3. The molecule has 0 spiro atoms. The zero-order valence-corrected chi connectivity index (χ0v) is 28.0. The minimum absolute atomic E-state index is 0.104. The van der Waals surface area contributed by atoms with Gasteiger partial charge in [-0.1, -0.05) is 0 Å². The predicted molar refractivity (Wildman–Crippen MR) is 164 cm³/mol. The number of hydrogen-bond acceptors (Lipinski definition) is 9. The summed E-state index contributed by atoms with van der Waals surface area (Å²) >= 11 is 0. The molecule has 0 aromatic carbocycles. The molecule has 3 aliphatic rings. The number of hydrogen-bond donors (Lipinski definition) is 3. The normalized spacial score (nSPS) is 31.0. The summed E-state index contributed by atoms with van der Waals surface area (Å²) in [5, 5.41) is 10.7. The van der Waals surface area contributed by atoms with Crippen LogP contribution in [0.1, 0.15) is 133 Å². The maximum absolute atomic E-state index is 13.5. The fourth-order valence-corrected chi connectivity index (χ4v) is 7.87. The Morgan fingerprint density at radius 1 is 0.619 bits per heavy atom. The zero-order valence-electron chi connectivity index (χ0n) is 28.0. The lowest BCUT2D eigenvalue weighted by Gasteiger charge is -2.46. The maximum atomic E-state index is 13.5. The molecule has 3 heterocycles. The van der Waals surface area contributed by atoms with Crippen molar-refractivity contribution in [1.29, 1.82) is 0 Å². The first kappa shape index (κ1) is 34.8. The third kappa shape index (κ3) is 11.4. The Hall–Kier alpha value is -1.71. The van der Waals surface area contributed by atoms with Crippen LogP contribution in [0.3, 0.4) is 0 Å². The van der Waals surface area contributed by atoms with Gasteiger partial charge in [0, 0.05) is 72.8 Å². The van der Waals surface area contributed by atoms with Crippen LogP contribution in [-0.2, 0) is 28.6 Å². The Bertz CT molecular complexity index is 895. The molecule has 0 aliphatic carbocycles. The molecule has 3 saturated heterocycles. The molecule has 0 saturated carbocycles. The Labute approximate surface area is 254 Å². The van der Waals surface area contributed by atoms with Crippen LogP contribution < -0.4 is 16.0 Å². The minimum Gasteiger partial charge on any atom is -0.462 e. The molecule has 0 aromatic heterocycles. The summed E-state index contributed by atoms with van der Waals surface area (Å²) in [7, 11) is 0. The summed E-state index contributed by atoms with van der Waals surface area (Å²) in [6, 6.07) is 0.513. The summed E-state index contributed by atoms with van der Waals surface area (Å²) in [5.41, 5.74) is -0.551. The first-order chi connectivity index (χ1) is 19.2. The molecule has 9 heteroatoms. The molecule has 0 amide bonds. The lowest BCUT2D eigenvalue weighted by molar-refractivity contribution is -0.160. The van der Waals surface area contributed by atoms with E-state index in [-0.39, 0.29) is 96.1 Å². The van der Waals surface area contributed by atoms with E-state index in [1.165, 1.54) is 0 Å². The number of carbonyl (C=O) groups excluding carboxylic acids is 3. The van der Waals surface area contributed by atoms with Crippen LogP contribution in [0.15, 0.2) is 0 Å². The lowest BCUT2D eigenvalue weighted by Crippen LogP contribution is -2.59. The van der Waals surface area contributed by atoms with Gasteiger partial charge in [-0.2, -0.15) is 0 Å². The third-order valence-electron chi connectivity index (χ3n) is 8.74. The minimum atomic E-state index is -0.585. The molecular weight excluding hydrogens is 534 g/mol. The molecule has 3 aliphatic heterocycles. The molecule has 3 N–H and O–H groups in total. The summed E-state index contributed by atoms with van der Waals surface area (Å²) in [6.45, 7) is 21.1. The molecule has 4 unspecified atom stereocenters. The quantitative estimate of drug-likeness (QED) is 0.239. The second kappa shape index (κ2) is 13.5. The van der Waals surface area contributed by atoms with E-state index in [9.17, 15) is 14.4 Å². The summed E-state index contributed by atoms with van der Waals surface area (Å²) in [5.74, 6) is -1.54. The highest BCUT2D eigenvalue weighted by Crippen LogP contribution is 2.32. The zero-order chi connectivity index (χ0) is 31.5. The van der Waals surface area contributed by atoms with Crippen molar-refractivity contribution in [3.63, 3.8) is 0 Å². The predicted octanol–water partition coefficient (Wildman–Crippen LogP) is 4.94. The lowest BCUT2D eigenvalue weighted by atomic mass is 9.81. The second-order valence-electron chi connectivity index (χ2n) is 16.1. The largest absolute Gasteiger partial charge is 0.462 e. The van der Waals surface area contributed by atoms with E-state index in [1.54, 1.807) is 0 Å². The van der Waals surface area contributed by atoms with E-state index in [2.05, 4.69) is 85.2 Å². The SMILES string of the molecule is CC1CC(OC(=O)CCC(CCC(=O)OC2CC(C)NC(C)(C)C2)C(=O)OC2CC(C)(C)NC(C)(C)C2)CC(C)(C)N1. The highest BCUT2D eigenvalue weighted by atomic mass is 16.6. The van der Waals surface area contributed by atoms with Crippen LogP contribution in [0.2, 0.25) is 0 Å². The highest BCUT2D eigenvalue weighted by Gasteiger charge is 2.40. The van der Waals surface area contributed by atoms with Gasteiger partial charge in [-0.3, -0.25) is 14.4 Å². The van der Waals surface area contributed by atoms with Gasteiger partial charge in [-0.25, -0.2) is 0 Å². The van der Waals surface area contributed by atoms with Crippen molar-refractivity contribution in [1.82, 2.24) is 16.0 Å². The van der Waals surface area contributed by atoms with E-state index in [1.807, 2.05) is 0 Å². The molecule has 9 nitrogen and oxygen atoms in total. The smallest absolute Gasteiger partial charge is 0.309 e. The van der Waals surface area contributed by atoms with E-state index in [0.717, 1.165) is 25.7 Å². The van der Waals surface area contributed by atoms with Gasteiger partial charge >= 0.3 is 17.9 Å². The average molecular weight is 594 g/mol. The van der Waals surface area contributed by atoms with Crippen LogP contribution in [0.25, 0.3) is 0 Å². The summed E-state index contributed by atoms with van der Waals surface area (Å²) in [4.78, 5) is 39.3. The number of piperidine rings is 3. The summed E-state index contributed by atoms with van der Waals surface area (Å²) < 4.78 is 17.8. The van der Waals surface area contributed by atoms with Crippen LogP contribution in [0, 0.1) is 5.92 Å². The molecule has 3 rings (SSSR count). The molecule has 4 atom stereocenters. The van der Waals surface area contributed by atoms with Crippen molar-refractivity contribution in [3.8, 4) is 0 Å². The van der Waals surface area contributed by atoms with Crippen molar-refractivity contribution in [2.45, 2.75) is 186 Å². The second-order valence-corrected chi connectivity index (χ2v) is 16.1. The Morgan fingerprint density at radius 3 is 1.38 bits per heavy atom. The van der Waals surface area contributed by atoms with Crippen molar-refractivity contribution < 1.29 is 28.6 Å². The van der Waals surface area contributed by atoms with Crippen LogP contribution in [0.4, 0.5) is 0 Å². The average Bonchev–Trinajstić information content (AvgIpc) is 2.73. The molecule has 42 heavy (non-hydrogen) atoms. The molecular formula is C33H59N3O6. The van der Waals surface area contributed by atoms with Crippen LogP contribution in [-0.4, -0.2) is 70.5 Å². The number of rotatable bonds is 10. The number of esters is 3. The van der Waals surface area contributed by atoms with E-state index in [4.69, 9.17) is 14.2 Å². The monoisotopic (exact) mass is 593 g/mol. The Kier molecular flexibility index (Phi) is 11.2. The van der Waals surface area contributed by atoms with Crippen LogP contribution >= 0.6 is 0 Å². The molecule has 242 valence electrons. The van der Waals surface area contributed by atoms with Crippen molar-refractivity contribution in [3.05, 3.63) is 0 Å². The third-order valence-corrected chi connectivity index (χ3v) is 8.74. The van der Waals surface area contributed by atoms with Gasteiger partial charge in [0.1, 0.15) is 18.3 Å². The van der Waals surface area contributed by atoms with Gasteiger partial charge < -0.3 is 30.2 Å². The number of ether oxygens (including phenoxy) is 3. The maximum Gasteiger partial charge on any atom is 0.309 e. The Morgan fingerprint density at radius 2 is 1.00 bits per heavy atom. The van der Waals surface area contributed by atoms with Gasteiger partial charge in [-0.15, -0.1) is 0 Å². The molecule has 0 aromatic rings. The number of nitrogens with one attached hydrogen (secondary N) is 3. The van der Waals surface area contributed by atoms with Gasteiger partial charge in [0.2, 0.25) is 0 Å². The molecule has 0 bridgehead atoms. The summed E-state index contributed by atoms with van der Waals surface area (Å²) in [6.07, 6.45) is 4.66. The first-order valence-electron chi connectivity index (χ1n) is 16.2. The van der Waals surface area contributed by atoms with Crippen molar-refractivity contribution in [2.75, 3.05) is 0 Å². The van der Waals surface area contributed by atoms with E-state index in [0.29, 0.717) is 12.8 Å². The standard InChI is InChI=1S/C33H59N3O6/c1-21-15-24(17-30(3,4)34-21)40-27(37)13-11-23(29(39)42-26-19-32(7,8)36-33(9,10)20-26)12-14-28(38)41-25-16-22(2)35-31(5,6)18-25/h21-26,34-36H,11-20H2,1-10H3. The highest BCUT2D eigenvalue weighted by molar-refractivity contribution is 5.76. The van der Waals surface area contributed by atoms with Crippen molar-refractivity contribution >= 4 is 17.9 Å². The fourth-order valence-electron chi connectivity index (χ4n) is 7.87.